The van der Waals surface area contributed by atoms with Crippen molar-refractivity contribution in [2.45, 2.75) is 30.4 Å². The van der Waals surface area contributed by atoms with Gasteiger partial charge in [0.25, 0.3) is 5.91 Å². The molecule has 1 aromatic carbocycles. The normalized spacial score (nSPS) is 15.8. The zero-order valence-electron chi connectivity index (χ0n) is 14.6. The predicted molar refractivity (Wildman–Crippen MR) is 95.8 cm³/mol. The fraction of sp³-hybridized carbons (Fsp3) is 0.368. The molecule has 1 aliphatic rings. The minimum absolute atomic E-state index is 0.0963. The smallest absolute Gasteiger partial charge is 0.272 e. The highest BCUT2D eigenvalue weighted by Gasteiger charge is 2.23. The van der Waals surface area contributed by atoms with Gasteiger partial charge in [0.1, 0.15) is 11.5 Å². The van der Waals surface area contributed by atoms with Crippen molar-refractivity contribution in [3.8, 4) is 0 Å². The van der Waals surface area contributed by atoms with Crippen LogP contribution < -0.4 is 0 Å². The Labute approximate surface area is 152 Å². The van der Waals surface area contributed by atoms with Gasteiger partial charge in [-0.1, -0.05) is 19.1 Å². The third kappa shape index (κ3) is 4.27. The highest BCUT2D eigenvalue weighted by Crippen LogP contribution is 2.19. The maximum absolute atomic E-state index is 13.3. The molecule has 0 aliphatic carbocycles. The molecular formula is C19H21FN2O3S. The lowest BCUT2D eigenvalue weighted by Gasteiger charge is -2.30. The van der Waals surface area contributed by atoms with Gasteiger partial charge < -0.3 is 4.90 Å². The Bertz CT molecular complexity index is 907. The van der Waals surface area contributed by atoms with Gasteiger partial charge in [0.2, 0.25) is 0 Å². The van der Waals surface area contributed by atoms with Crippen molar-refractivity contribution in [2.75, 3.05) is 13.1 Å². The minimum Gasteiger partial charge on any atom is -0.337 e. The van der Waals surface area contributed by atoms with Crippen molar-refractivity contribution in [3.05, 3.63) is 59.7 Å². The Morgan fingerprint density at radius 1 is 1.19 bits per heavy atom. The van der Waals surface area contributed by atoms with E-state index < -0.39 is 15.7 Å². The van der Waals surface area contributed by atoms with E-state index in [1.54, 1.807) is 23.1 Å². The number of carbonyl (C=O) groups is 1. The van der Waals surface area contributed by atoms with Gasteiger partial charge in [-0.25, -0.2) is 17.8 Å². The number of rotatable bonds is 4. The summed E-state index contributed by atoms with van der Waals surface area (Å²) >= 11 is 0. The number of carbonyl (C=O) groups excluding carboxylic acids is 1. The van der Waals surface area contributed by atoms with Gasteiger partial charge in [0, 0.05) is 13.1 Å². The first-order chi connectivity index (χ1) is 12.3. The number of hydrogen-bond acceptors (Lipinski definition) is 4. The van der Waals surface area contributed by atoms with Gasteiger partial charge in [-0.15, -0.1) is 0 Å². The fourth-order valence-corrected chi connectivity index (χ4v) is 4.29. The lowest BCUT2D eigenvalue weighted by atomic mass is 9.99. The molecule has 1 aromatic heterocycles. The zero-order valence-corrected chi connectivity index (χ0v) is 15.4. The van der Waals surface area contributed by atoms with Crippen LogP contribution in [0, 0.1) is 11.7 Å². The summed E-state index contributed by atoms with van der Waals surface area (Å²) in [5.74, 6) is -0.562. The number of pyridine rings is 1. The lowest BCUT2D eigenvalue weighted by molar-refractivity contribution is 0.0691. The molecule has 0 unspecified atom stereocenters. The standard InChI is InChI=1S/C19H21FN2O3S/c1-14-8-10-22(11-9-14)19(23)18-7-3-5-16(21-18)13-26(24,25)17-6-2-4-15(20)12-17/h2-7,12,14H,8-11,13H2,1H3. The molecule has 1 fully saturated rings. The van der Waals surface area contributed by atoms with Crippen LogP contribution in [0.2, 0.25) is 0 Å². The van der Waals surface area contributed by atoms with E-state index in [1.165, 1.54) is 18.2 Å². The fourth-order valence-electron chi connectivity index (χ4n) is 2.99. The quantitative estimate of drug-likeness (QED) is 0.822. The monoisotopic (exact) mass is 376 g/mol. The molecule has 26 heavy (non-hydrogen) atoms. The molecule has 0 spiro atoms. The summed E-state index contributed by atoms with van der Waals surface area (Å²) in [6.45, 7) is 3.54. The molecule has 1 aliphatic heterocycles. The van der Waals surface area contributed by atoms with Gasteiger partial charge in [0.15, 0.2) is 9.84 Å². The third-order valence-electron chi connectivity index (χ3n) is 4.59. The molecule has 138 valence electrons. The second kappa shape index (κ2) is 7.53. The second-order valence-corrected chi connectivity index (χ2v) is 8.69. The number of likely N-dealkylation sites (tertiary alicyclic amines) is 1. The van der Waals surface area contributed by atoms with E-state index >= 15 is 0 Å². The summed E-state index contributed by atoms with van der Waals surface area (Å²) in [5.41, 5.74) is 0.511. The average Bonchev–Trinajstić information content (AvgIpc) is 2.62. The highest BCUT2D eigenvalue weighted by molar-refractivity contribution is 7.90. The van der Waals surface area contributed by atoms with E-state index in [-0.39, 0.29) is 27.9 Å². The van der Waals surface area contributed by atoms with E-state index in [1.807, 2.05) is 0 Å². The Morgan fingerprint density at radius 2 is 1.88 bits per heavy atom. The molecule has 0 saturated carbocycles. The van der Waals surface area contributed by atoms with Crippen LogP contribution in [0.4, 0.5) is 4.39 Å². The number of halogens is 1. The summed E-state index contributed by atoms with van der Waals surface area (Å²) in [7, 11) is -3.74. The van der Waals surface area contributed by atoms with E-state index in [4.69, 9.17) is 0 Å². The first-order valence-corrected chi connectivity index (χ1v) is 10.2. The Kier molecular flexibility index (Phi) is 5.36. The van der Waals surface area contributed by atoms with Crippen molar-refractivity contribution in [1.29, 1.82) is 0 Å². The second-order valence-electron chi connectivity index (χ2n) is 6.71. The maximum atomic E-state index is 13.3. The van der Waals surface area contributed by atoms with Gasteiger partial charge >= 0.3 is 0 Å². The van der Waals surface area contributed by atoms with E-state index in [0.717, 1.165) is 18.9 Å². The van der Waals surface area contributed by atoms with Crippen LogP contribution in [-0.2, 0) is 15.6 Å². The molecule has 0 N–H and O–H groups in total. The van der Waals surface area contributed by atoms with E-state index in [9.17, 15) is 17.6 Å². The molecule has 0 bridgehead atoms. The van der Waals surface area contributed by atoms with E-state index in [0.29, 0.717) is 19.0 Å². The Balaban J connectivity index is 1.78. The van der Waals surface area contributed by atoms with Crippen LogP contribution in [0.1, 0.15) is 35.9 Å². The highest BCUT2D eigenvalue weighted by atomic mass is 32.2. The molecule has 2 heterocycles. The largest absolute Gasteiger partial charge is 0.337 e. The first-order valence-electron chi connectivity index (χ1n) is 8.59. The van der Waals surface area contributed by atoms with Crippen LogP contribution in [0.3, 0.4) is 0 Å². The topological polar surface area (TPSA) is 67.3 Å². The first kappa shape index (κ1) is 18.5. The van der Waals surface area contributed by atoms with Crippen molar-refractivity contribution in [3.63, 3.8) is 0 Å². The number of nitrogens with zero attached hydrogens (tertiary/aromatic N) is 2. The van der Waals surface area contributed by atoms with Gasteiger partial charge in [0.05, 0.1) is 16.3 Å². The van der Waals surface area contributed by atoms with Crippen LogP contribution in [0.5, 0.6) is 0 Å². The number of aromatic nitrogens is 1. The molecule has 3 rings (SSSR count). The molecule has 5 nitrogen and oxygen atoms in total. The maximum Gasteiger partial charge on any atom is 0.272 e. The summed E-state index contributed by atoms with van der Waals surface area (Å²) in [6.07, 6.45) is 1.92. The summed E-state index contributed by atoms with van der Waals surface area (Å²) in [5, 5.41) is 0. The van der Waals surface area contributed by atoms with Crippen molar-refractivity contribution in [1.82, 2.24) is 9.88 Å². The van der Waals surface area contributed by atoms with Crippen LogP contribution >= 0.6 is 0 Å². The van der Waals surface area contributed by atoms with Crippen LogP contribution in [-0.4, -0.2) is 37.3 Å². The van der Waals surface area contributed by atoms with Crippen molar-refractivity contribution >= 4 is 15.7 Å². The number of benzene rings is 1. The lowest BCUT2D eigenvalue weighted by Crippen LogP contribution is -2.38. The molecule has 1 amide bonds. The summed E-state index contributed by atoms with van der Waals surface area (Å²) in [6, 6.07) is 9.67. The van der Waals surface area contributed by atoms with Gasteiger partial charge in [-0.3, -0.25) is 4.79 Å². The molecule has 2 aromatic rings. The zero-order chi connectivity index (χ0) is 18.7. The Morgan fingerprint density at radius 3 is 2.58 bits per heavy atom. The number of amides is 1. The minimum atomic E-state index is -3.74. The Hall–Kier alpha value is -2.28. The van der Waals surface area contributed by atoms with Crippen LogP contribution in [0.15, 0.2) is 47.4 Å². The van der Waals surface area contributed by atoms with Crippen molar-refractivity contribution < 1.29 is 17.6 Å². The summed E-state index contributed by atoms with van der Waals surface area (Å²) < 4.78 is 38.3. The SMILES string of the molecule is CC1CCN(C(=O)c2cccc(CS(=O)(=O)c3cccc(F)c3)n2)CC1. The number of sulfone groups is 1. The van der Waals surface area contributed by atoms with Gasteiger partial charge in [-0.2, -0.15) is 0 Å². The van der Waals surface area contributed by atoms with Crippen LogP contribution in [0.25, 0.3) is 0 Å². The van der Waals surface area contributed by atoms with Gasteiger partial charge in [-0.05, 0) is 49.1 Å². The summed E-state index contributed by atoms with van der Waals surface area (Å²) in [4.78, 5) is 18.5. The average molecular weight is 376 g/mol. The number of piperidine rings is 1. The molecule has 1 saturated heterocycles. The molecular weight excluding hydrogens is 355 g/mol. The van der Waals surface area contributed by atoms with Crippen molar-refractivity contribution in [2.24, 2.45) is 5.92 Å². The molecule has 7 heteroatoms. The molecule has 0 radical (unpaired) electrons. The predicted octanol–water partition coefficient (Wildman–Crippen LogP) is 3.07. The molecule has 0 atom stereocenters. The number of hydrogen-bond donors (Lipinski definition) is 0. The van der Waals surface area contributed by atoms with E-state index in [2.05, 4.69) is 11.9 Å². The third-order valence-corrected chi connectivity index (χ3v) is 6.24.